The fourth-order valence-corrected chi connectivity index (χ4v) is 3.67. The Hall–Kier alpha value is -3.42. The Balaban J connectivity index is 1.33. The summed E-state index contributed by atoms with van der Waals surface area (Å²) in [4.78, 5) is 36.6. The van der Waals surface area contributed by atoms with E-state index < -0.39 is 0 Å². The first-order valence-electron chi connectivity index (χ1n) is 10.3. The first kappa shape index (κ1) is 19.9. The Bertz CT molecular complexity index is 1140. The third-order valence-electron chi connectivity index (χ3n) is 5.34. The fraction of sp³-hybridized carbons (Fsp3) is 0.364. The molecule has 3 heterocycles. The zero-order valence-corrected chi connectivity index (χ0v) is 16.8. The lowest BCUT2D eigenvalue weighted by Crippen LogP contribution is -2.33. The molecule has 0 bridgehead atoms. The Morgan fingerprint density at radius 2 is 1.80 bits per heavy atom. The number of fused-ring (bicyclic) bond motifs is 1. The van der Waals surface area contributed by atoms with Crippen LogP contribution < -0.4 is 16.6 Å². The van der Waals surface area contributed by atoms with Gasteiger partial charge >= 0.3 is 5.69 Å². The molecule has 1 aliphatic rings. The average Bonchev–Trinajstić information content (AvgIpc) is 2.91. The lowest BCUT2D eigenvalue weighted by atomic mass is 10.1. The number of carbonyl (C=O) groups is 1. The number of benzene rings is 1. The zero-order chi connectivity index (χ0) is 20.9. The second-order valence-corrected chi connectivity index (χ2v) is 7.58. The third kappa shape index (κ3) is 4.59. The molecule has 0 radical (unpaired) electrons. The summed E-state index contributed by atoms with van der Waals surface area (Å²) >= 11 is 0. The van der Waals surface area contributed by atoms with Gasteiger partial charge in [-0.1, -0.05) is 36.8 Å². The summed E-state index contributed by atoms with van der Waals surface area (Å²) in [6, 6.07) is 12.8. The molecule has 0 fully saturated rings. The lowest BCUT2D eigenvalue weighted by molar-refractivity contribution is -0.122. The van der Waals surface area contributed by atoms with Crippen LogP contribution in [-0.4, -0.2) is 24.8 Å². The molecule has 30 heavy (non-hydrogen) atoms. The van der Waals surface area contributed by atoms with Gasteiger partial charge in [0.1, 0.15) is 12.4 Å². The van der Waals surface area contributed by atoms with Crippen molar-refractivity contribution in [2.45, 2.75) is 51.9 Å². The maximum Gasteiger partial charge on any atom is 0.346 e. The number of amides is 1. The molecule has 1 aromatic carbocycles. The molecule has 2 aromatic heterocycles. The van der Waals surface area contributed by atoms with Gasteiger partial charge in [-0.25, -0.2) is 9.48 Å². The van der Waals surface area contributed by atoms with Crippen LogP contribution in [-0.2, 0) is 37.4 Å². The van der Waals surface area contributed by atoms with Gasteiger partial charge in [-0.3, -0.25) is 14.2 Å². The molecule has 0 aliphatic carbocycles. The number of hydrogen-bond donors (Lipinski definition) is 1. The first-order valence-corrected chi connectivity index (χ1v) is 10.3. The molecule has 0 atom stereocenters. The van der Waals surface area contributed by atoms with Crippen LogP contribution >= 0.6 is 0 Å². The zero-order valence-electron chi connectivity index (χ0n) is 16.8. The monoisotopic (exact) mass is 407 g/mol. The normalized spacial score (nSPS) is 13.5. The summed E-state index contributed by atoms with van der Waals surface area (Å²) in [5.74, 6) is 0.531. The summed E-state index contributed by atoms with van der Waals surface area (Å²) in [7, 11) is 0. The van der Waals surface area contributed by atoms with Gasteiger partial charge in [0.15, 0.2) is 0 Å². The van der Waals surface area contributed by atoms with Gasteiger partial charge < -0.3 is 9.88 Å². The molecular formula is C22H25N5O3. The molecule has 3 aromatic rings. The standard InChI is InChI=1S/C22H25N5O3/c28-20(16-27-22(30)26-13-4-1-2-6-19(26)24-27)23-14-17-8-10-18(11-9-17)15-25-12-5-3-7-21(25)29/h3,5,7-12H,1-2,4,6,13-16H2,(H,23,28). The number of rotatable bonds is 6. The molecule has 1 amide bonds. The van der Waals surface area contributed by atoms with Gasteiger partial charge in [0.05, 0.1) is 6.54 Å². The van der Waals surface area contributed by atoms with Crippen molar-refractivity contribution < 1.29 is 4.79 Å². The SMILES string of the molecule is O=C(Cn1nc2n(c1=O)CCCCC2)NCc1ccc(Cn2ccccc2=O)cc1. The van der Waals surface area contributed by atoms with Crippen LogP contribution in [0.25, 0.3) is 0 Å². The molecule has 1 N–H and O–H groups in total. The molecule has 0 saturated carbocycles. The molecular weight excluding hydrogens is 382 g/mol. The Labute approximate surface area is 173 Å². The van der Waals surface area contributed by atoms with E-state index in [-0.39, 0.29) is 23.7 Å². The van der Waals surface area contributed by atoms with E-state index in [1.54, 1.807) is 21.4 Å². The van der Waals surface area contributed by atoms with Gasteiger partial charge in [0.25, 0.3) is 5.56 Å². The van der Waals surface area contributed by atoms with Crippen molar-refractivity contribution in [3.05, 3.63) is 86.5 Å². The predicted octanol–water partition coefficient (Wildman–Crippen LogP) is 1.30. The Kier molecular flexibility index (Phi) is 5.92. The molecule has 156 valence electrons. The molecule has 8 nitrogen and oxygen atoms in total. The maximum atomic E-state index is 12.4. The number of hydrogen-bond acceptors (Lipinski definition) is 4. The average molecular weight is 407 g/mol. The number of aromatic nitrogens is 4. The van der Waals surface area contributed by atoms with E-state index in [2.05, 4.69) is 10.4 Å². The van der Waals surface area contributed by atoms with Gasteiger partial charge in [-0.15, -0.1) is 0 Å². The minimum absolute atomic E-state index is 0.0410. The van der Waals surface area contributed by atoms with Crippen molar-refractivity contribution in [3.63, 3.8) is 0 Å². The van der Waals surface area contributed by atoms with E-state index >= 15 is 0 Å². The maximum absolute atomic E-state index is 12.4. The predicted molar refractivity (Wildman–Crippen MR) is 112 cm³/mol. The number of nitrogens with one attached hydrogen (secondary N) is 1. The molecule has 1 aliphatic heterocycles. The van der Waals surface area contributed by atoms with Crippen molar-refractivity contribution in [3.8, 4) is 0 Å². The van der Waals surface area contributed by atoms with Crippen molar-refractivity contribution in [1.82, 2.24) is 24.2 Å². The second kappa shape index (κ2) is 8.94. The van der Waals surface area contributed by atoms with E-state index in [1.807, 2.05) is 30.3 Å². The van der Waals surface area contributed by atoms with Gasteiger partial charge in [-0.05, 0) is 30.0 Å². The van der Waals surface area contributed by atoms with Crippen LogP contribution in [0.5, 0.6) is 0 Å². The summed E-state index contributed by atoms with van der Waals surface area (Å²) in [6.07, 6.45) is 5.64. The number of carbonyl (C=O) groups excluding carboxylic acids is 1. The fourth-order valence-electron chi connectivity index (χ4n) is 3.67. The minimum Gasteiger partial charge on any atom is -0.350 e. The largest absolute Gasteiger partial charge is 0.350 e. The van der Waals surface area contributed by atoms with Crippen molar-refractivity contribution in [1.29, 1.82) is 0 Å². The molecule has 0 saturated heterocycles. The lowest BCUT2D eigenvalue weighted by Gasteiger charge is -2.08. The highest BCUT2D eigenvalue weighted by Crippen LogP contribution is 2.10. The first-order chi connectivity index (χ1) is 14.6. The molecule has 0 spiro atoms. The molecule has 0 unspecified atom stereocenters. The van der Waals surface area contributed by atoms with Gasteiger partial charge in [0, 0.05) is 31.8 Å². The van der Waals surface area contributed by atoms with Crippen LogP contribution in [0.1, 0.15) is 36.2 Å². The second-order valence-electron chi connectivity index (χ2n) is 7.58. The van der Waals surface area contributed by atoms with Crippen LogP contribution in [0.4, 0.5) is 0 Å². The highest BCUT2D eigenvalue weighted by atomic mass is 16.2. The van der Waals surface area contributed by atoms with Crippen LogP contribution in [0.15, 0.2) is 58.3 Å². The summed E-state index contributed by atoms with van der Waals surface area (Å²) < 4.78 is 4.59. The van der Waals surface area contributed by atoms with E-state index in [4.69, 9.17) is 0 Å². The van der Waals surface area contributed by atoms with E-state index in [0.29, 0.717) is 19.6 Å². The highest BCUT2D eigenvalue weighted by Gasteiger charge is 2.17. The molecule has 8 heteroatoms. The highest BCUT2D eigenvalue weighted by molar-refractivity contribution is 5.75. The van der Waals surface area contributed by atoms with Gasteiger partial charge in [-0.2, -0.15) is 5.10 Å². The van der Waals surface area contributed by atoms with E-state index in [0.717, 1.165) is 42.6 Å². The van der Waals surface area contributed by atoms with Crippen LogP contribution in [0, 0.1) is 0 Å². The quantitative estimate of drug-likeness (QED) is 0.667. The van der Waals surface area contributed by atoms with E-state index in [9.17, 15) is 14.4 Å². The van der Waals surface area contributed by atoms with Crippen molar-refractivity contribution in [2.24, 2.45) is 0 Å². The smallest absolute Gasteiger partial charge is 0.346 e. The third-order valence-corrected chi connectivity index (χ3v) is 5.34. The van der Waals surface area contributed by atoms with Crippen LogP contribution in [0.3, 0.4) is 0 Å². The summed E-state index contributed by atoms with van der Waals surface area (Å²) in [5.41, 5.74) is 1.70. The topological polar surface area (TPSA) is 90.9 Å². The number of aryl methyl sites for hydroxylation is 1. The Morgan fingerprint density at radius 3 is 2.60 bits per heavy atom. The Morgan fingerprint density at radius 1 is 1.00 bits per heavy atom. The van der Waals surface area contributed by atoms with E-state index in [1.165, 1.54) is 10.7 Å². The number of nitrogens with zero attached hydrogens (tertiary/aromatic N) is 4. The minimum atomic E-state index is -0.245. The van der Waals surface area contributed by atoms with Crippen molar-refractivity contribution >= 4 is 5.91 Å². The van der Waals surface area contributed by atoms with Crippen LogP contribution in [0.2, 0.25) is 0 Å². The van der Waals surface area contributed by atoms with Gasteiger partial charge in [0.2, 0.25) is 5.91 Å². The van der Waals surface area contributed by atoms with Crippen molar-refractivity contribution in [2.75, 3.05) is 0 Å². The summed E-state index contributed by atoms with van der Waals surface area (Å²) in [6.45, 7) is 1.47. The molecule has 4 rings (SSSR count). The number of pyridine rings is 1. The summed E-state index contributed by atoms with van der Waals surface area (Å²) in [5, 5.41) is 7.18.